The van der Waals surface area contributed by atoms with Crippen LogP contribution in [-0.2, 0) is 16.0 Å². The molecule has 1 aliphatic rings. The van der Waals surface area contributed by atoms with Crippen molar-refractivity contribution in [2.24, 2.45) is 0 Å². The minimum Gasteiger partial charge on any atom is -0.379 e. The minimum atomic E-state index is -0.144. The summed E-state index contributed by atoms with van der Waals surface area (Å²) in [6.45, 7) is 9.24. The number of hydrogen-bond acceptors (Lipinski definition) is 4. The number of amides is 1. The van der Waals surface area contributed by atoms with Crippen LogP contribution in [0.2, 0.25) is 0 Å². The maximum atomic E-state index is 12.6. The van der Waals surface area contributed by atoms with Crippen molar-refractivity contribution in [2.75, 3.05) is 31.6 Å². The summed E-state index contributed by atoms with van der Waals surface area (Å²) in [6, 6.07) is 6.11. The molecule has 0 spiro atoms. The van der Waals surface area contributed by atoms with Gasteiger partial charge in [0.15, 0.2) is 0 Å². The Hall–Kier alpha value is -1.69. The van der Waals surface area contributed by atoms with Gasteiger partial charge in [-0.05, 0) is 62.8 Å². The summed E-state index contributed by atoms with van der Waals surface area (Å²) < 4.78 is 6.66. The van der Waals surface area contributed by atoms with E-state index in [9.17, 15) is 4.79 Å². The number of benzene rings is 1. The number of allylic oxidation sites excluding steroid dienone is 2. The second-order valence-corrected chi connectivity index (χ2v) is 7.92. The number of nitrogens with zero attached hydrogens (tertiary/aromatic N) is 1. The van der Waals surface area contributed by atoms with Crippen LogP contribution in [0, 0.1) is 6.92 Å². The zero-order valence-corrected chi connectivity index (χ0v) is 16.7. The first-order valence-electron chi connectivity index (χ1n) is 9.36. The molecule has 2 heterocycles. The Bertz CT molecular complexity index is 791. The molecule has 3 rings (SSSR count). The zero-order valence-electron chi connectivity index (χ0n) is 15.9. The van der Waals surface area contributed by atoms with Crippen molar-refractivity contribution in [3.8, 4) is 0 Å². The van der Waals surface area contributed by atoms with Gasteiger partial charge in [-0.1, -0.05) is 12.2 Å². The molecule has 0 radical (unpaired) electrons. The van der Waals surface area contributed by atoms with Gasteiger partial charge >= 0.3 is 0 Å². The highest BCUT2D eigenvalue weighted by molar-refractivity contribution is 7.19. The molecular weight excluding hydrogens is 344 g/mol. The topological polar surface area (TPSA) is 41.6 Å². The van der Waals surface area contributed by atoms with Crippen molar-refractivity contribution in [3.63, 3.8) is 0 Å². The predicted molar refractivity (Wildman–Crippen MR) is 110 cm³/mol. The molecule has 0 bridgehead atoms. The molecule has 4 nitrogen and oxygen atoms in total. The van der Waals surface area contributed by atoms with E-state index in [0.717, 1.165) is 31.6 Å². The number of thiophene rings is 1. The Morgan fingerprint density at radius 3 is 2.88 bits per heavy atom. The molecule has 1 N–H and O–H groups in total. The largest absolute Gasteiger partial charge is 0.379 e. The van der Waals surface area contributed by atoms with Gasteiger partial charge in [0, 0.05) is 28.4 Å². The number of ether oxygens (including phenoxy) is 1. The normalized spacial score (nSPS) is 17.0. The van der Waals surface area contributed by atoms with Crippen LogP contribution in [0.5, 0.6) is 0 Å². The first kappa shape index (κ1) is 19.1. The summed E-state index contributed by atoms with van der Waals surface area (Å²) in [5.41, 5.74) is 2.22. The lowest BCUT2D eigenvalue weighted by atomic mass is 10.1. The lowest BCUT2D eigenvalue weighted by Crippen LogP contribution is -2.47. The van der Waals surface area contributed by atoms with Crippen LogP contribution in [-0.4, -0.2) is 43.2 Å². The van der Waals surface area contributed by atoms with Crippen molar-refractivity contribution in [1.82, 2.24) is 4.90 Å². The van der Waals surface area contributed by atoms with Crippen LogP contribution >= 0.6 is 11.3 Å². The van der Waals surface area contributed by atoms with Crippen molar-refractivity contribution >= 4 is 33.0 Å². The number of nitrogens with one attached hydrogen (secondary N) is 1. The standard InChI is InChI=1S/C21H28N2O2S/c1-4-5-6-7-19-15(2)18-14-17(8-9-20(18)26-19)22-21(24)16(3)23-10-12-25-13-11-23/h4-5,8-9,14,16H,6-7,10-13H2,1-3H3,(H,22,24). The second-order valence-electron chi connectivity index (χ2n) is 6.78. The van der Waals surface area contributed by atoms with Gasteiger partial charge in [0.1, 0.15) is 0 Å². The van der Waals surface area contributed by atoms with E-state index in [1.165, 1.54) is 20.5 Å². The van der Waals surface area contributed by atoms with Gasteiger partial charge in [-0.25, -0.2) is 0 Å². The summed E-state index contributed by atoms with van der Waals surface area (Å²) in [6.07, 6.45) is 6.46. The maximum absolute atomic E-state index is 12.6. The molecule has 26 heavy (non-hydrogen) atoms. The van der Waals surface area contributed by atoms with E-state index in [0.29, 0.717) is 13.2 Å². The molecule has 1 atom stereocenters. The number of rotatable bonds is 6. The van der Waals surface area contributed by atoms with E-state index in [1.54, 1.807) is 0 Å². The van der Waals surface area contributed by atoms with Crippen LogP contribution in [0.15, 0.2) is 30.4 Å². The van der Waals surface area contributed by atoms with E-state index < -0.39 is 0 Å². The molecule has 1 fully saturated rings. The van der Waals surface area contributed by atoms with Gasteiger partial charge in [0.2, 0.25) is 5.91 Å². The van der Waals surface area contributed by atoms with Crippen LogP contribution in [0.3, 0.4) is 0 Å². The first-order valence-corrected chi connectivity index (χ1v) is 10.2. The number of carbonyl (C=O) groups is 1. The highest BCUT2D eigenvalue weighted by Gasteiger charge is 2.23. The monoisotopic (exact) mass is 372 g/mol. The van der Waals surface area contributed by atoms with Crippen molar-refractivity contribution in [3.05, 3.63) is 40.8 Å². The fourth-order valence-corrected chi connectivity index (χ4v) is 4.55. The Morgan fingerprint density at radius 2 is 2.15 bits per heavy atom. The summed E-state index contributed by atoms with van der Waals surface area (Å²) in [5, 5.41) is 4.34. The van der Waals surface area contributed by atoms with E-state index >= 15 is 0 Å². The molecule has 0 saturated carbocycles. The van der Waals surface area contributed by atoms with Gasteiger partial charge in [0.25, 0.3) is 0 Å². The number of anilines is 1. The number of aryl methyl sites for hydroxylation is 2. The van der Waals surface area contributed by atoms with Crippen LogP contribution < -0.4 is 5.32 Å². The molecule has 1 aromatic carbocycles. The third-order valence-corrected chi connectivity index (χ3v) is 6.38. The molecule has 1 amide bonds. The minimum absolute atomic E-state index is 0.0486. The van der Waals surface area contributed by atoms with E-state index in [1.807, 2.05) is 24.3 Å². The van der Waals surface area contributed by atoms with Gasteiger partial charge in [-0.3, -0.25) is 9.69 Å². The quantitative estimate of drug-likeness (QED) is 0.765. The summed E-state index contributed by atoms with van der Waals surface area (Å²) >= 11 is 1.86. The smallest absolute Gasteiger partial charge is 0.241 e. The molecule has 5 heteroatoms. The Morgan fingerprint density at radius 1 is 1.38 bits per heavy atom. The van der Waals surface area contributed by atoms with Gasteiger partial charge in [-0.15, -0.1) is 11.3 Å². The molecule has 2 aromatic rings. The SMILES string of the molecule is CC=CCCc1sc2ccc(NC(=O)C(C)N3CCOCC3)cc2c1C. The lowest BCUT2D eigenvalue weighted by molar-refractivity contribution is -0.122. The molecule has 1 unspecified atom stereocenters. The Balaban J connectivity index is 1.71. The Labute approximate surface area is 159 Å². The Kier molecular flexibility index (Phi) is 6.46. The highest BCUT2D eigenvalue weighted by atomic mass is 32.1. The fraction of sp³-hybridized carbons (Fsp3) is 0.476. The number of morpholine rings is 1. The second kappa shape index (κ2) is 8.80. The molecule has 1 saturated heterocycles. The van der Waals surface area contributed by atoms with Crippen LogP contribution in [0.25, 0.3) is 10.1 Å². The molecule has 140 valence electrons. The lowest BCUT2D eigenvalue weighted by Gasteiger charge is -2.31. The van der Waals surface area contributed by atoms with Crippen LogP contribution in [0.1, 0.15) is 30.7 Å². The third-order valence-electron chi connectivity index (χ3n) is 5.05. The van der Waals surface area contributed by atoms with Crippen molar-refractivity contribution < 1.29 is 9.53 Å². The average molecular weight is 373 g/mol. The number of fused-ring (bicyclic) bond motifs is 1. The van der Waals surface area contributed by atoms with E-state index in [2.05, 4.69) is 48.3 Å². The third kappa shape index (κ3) is 4.34. The highest BCUT2D eigenvalue weighted by Crippen LogP contribution is 2.33. The van der Waals surface area contributed by atoms with Gasteiger partial charge in [-0.2, -0.15) is 0 Å². The molecule has 0 aliphatic carbocycles. The maximum Gasteiger partial charge on any atom is 0.241 e. The first-order chi connectivity index (χ1) is 12.6. The molecule has 1 aromatic heterocycles. The zero-order chi connectivity index (χ0) is 18.5. The van der Waals surface area contributed by atoms with E-state index in [-0.39, 0.29) is 11.9 Å². The average Bonchev–Trinajstić information content (AvgIpc) is 2.98. The number of carbonyl (C=O) groups excluding carboxylic acids is 1. The van der Waals surface area contributed by atoms with Crippen molar-refractivity contribution in [2.45, 2.75) is 39.7 Å². The van der Waals surface area contributed by atoms with Crippen LogP contribution in [0.4, 0.5) is 5.69 Å². The molecule has 1 aliphatic heterocycles. The summed E-state index contributed by atoms with van der Waals surface area (Å²) in [7, 11) is 0. The number of hydrogen-bond donors (Lipinski definition) is 1. The summed E-state index contributed by atoms with van der Waals surface area (Å²) in [4.78, 5) is 16.2. The van der Waals surface area contributed by atoms with E-state index in [4.69, 9.17) is 4.74 Å². The predicted octanol–water partition coefficient (Wildman–Crippen LogP) is 4.38. The van der Waals surface area contributed by atoms with Gasteiger partial charge in [0.05, 0.1) is 19.3 Å². The van der Waals surface area contributed by atoms with Gasteiger partial charge < -0.3 is 10.1 Å². The summed E-state index contributed by atoms with van der Waals surface area (Å²) in [5.74, 6) is 0.0486. The molecular formula is C21H28N2O2S. The van der Waals surface area contributed by atoms with Crippen molar-refractivity contribution in [1.29, 1.82) is 0 Å². The fourth-order valence-electron chi connectivity index (χ4n) is 3.35.